The van der Waals surface area contributed by atoms with Crippen molar-refractivity contribution in [2.45, 2.75) is 31.0 Å². The molecule has 0 saturated carbocycles. The second-order valence-electron chi connectivity index (χ2n) is 5.72. The van der Waals surface area contributed by atoms with E-state index in [2.05, 4.69) is 40.0 Å². The van der Waals surface area contributed by atoms with E-state index >= 15 is 0 Å². The van der Waals surface area contributed by atoms with Crippen molar-refractivity contribution in [3.8, 4) is 0 Å². The first-order valence-corrected chi connectivity index (χ1v) is 8.54. The highest BCUT2D eigenvalue weighted by molar-refractivity contribution is 8.00. The first-order chi connectivity index (χ1) is 9.09. The molecular formula is C13H18N4S2. The summed E-state index contributed by atoms with van der Waals surface area (Å²) in [5.74, 6) is 1.07. The summed E-state index contributed by atoms with van der Waals surface area (Å²) in [5, 5.41) is 0. The van der Waals surface area contributed by atoms with Gasteiger partial charge in [-0.2, -0.15) is 0 Å². The van der Waals surface area contributed by atoms with Crippen LogP contribution in [0.15, 0.2) is 10.7 Å². The van der Waals surface area contributed by atoms with Crippen molar-refractivity contribution in [1.29, 1.82) is 0 Å². The van der Waals surface area contributed by atoms with Gasteiger partial charge < -0.3 is 4.90 Å². The van der Waals surface area contributed by atoms with E-state index in [1.54, 1.807) is 29.4 Å². The summed E-state index contributed by atoms with van der Waals surface area (Å²) >= 11 is 3.37. The highest BCUT2D eigenvalue weighted by atomic mass is 32.2. The molecule has 0 aromatic carbocycles. The summed E-state index contributed by atoms with van der Waals surface area (Å²) in [6, 6.07) is 0. The van der Waals surface area contributed by atoms with Crippen LogP contribution in [0.4, 0.5) is 5.82 Å². The van der Waals surface area contributed by atoms with Gasteiger partial charge in [-0.25, -0.2) is 15.0 Å². The molecule has 0 unspecified atom stereocenters. The number of aromatic nitrogens is 3. The van der Waals surface area contributed by atoms with Crippen LogP contribution in [-0.4, -0.2) is 34.3 Å². The van der Waals surface area contributed by atoms with Crippen molar-refractivity contribution >= 4 is 39.3 Å². The molecule has 4 nitrogen and oxygen atoms in total. The fraction of sp³-hybridized carbons (Fsp3) is 0.615. The molecule has 3 heterocycles. The molecule has 1 fully saturated rings. The Morgan fingerprint density at radius 2 is 2.21 bits per heavy atom. The van der Waals surface area contributed by atoms with Gasteiger partial charge >= 0.3 is 0 Å². The van der Waals surface area contributed by atoms with Gasteiger partial charge in [0.05, 0.1) is 0 Å². The smallest absolute Gasteiger partial charge is 0.176 e. The van der Waals surface area contributed by atoms with Crippen molar-refractivity contribution in [1.82, 2.24) is 15.0 Å². The zero-order valence-corrected chi connectivity index (χ0v) is 13.1. The van der Waals surface area contributed by atoms with Crippen LogP contribution >= 0.6 is 23.1 Å². The summed E-state index contributed by atoms with van der Waals surface area (Å²) in [4.78, 5) is 15.7. The van der Waals surface area contributed by atoms with Gasteiger partial charge in [-0.15, -0.1) is 11.3 Å². The molecule has 2 aromatic rings. The lowest BCUT2D eigenvalue weighted by Gasteiger charge is -2.38. The number of hydrogen-bond acceptors (Lipinski definition) is 6. The number of hydrogen-bond donors (Lipinski definition) is 0. The van der Waals surface area contributed by atoms with Crippen molar-refractivity contribution in [2.24, 2.45) is 5.41 Å². The molecule has 0 atom stereocenters. The molecule has 1 saturated heterocycles. The van der Waals surface area contributed by atoms with Gasteiger partial charge in [-0.05, 0) is 24.5 Å². The van der Waals surface area contributed by atoms with E-state index in [1.165, 1.54) is 12.8 Å². The number of nitrogens with zero attached hydrogens (tertiary/aromatic N) is 4. The van der Waals surface area contributed by atoms with Crippen LogP contribution in [0.25, 0.3) is 10.3 Å². The summed E-state index contributed by atoms with van der Waals surface area (Å²) in [6.07, 6.45) is 6.21. The Bertz CT molecular complexity index is 593. The van der Waals surface area contributed by atoms with Gasteiger partial charge in [0.15, 0.2) is 15.8 Å². The van der Waals surface area contributed by atoms with Crippen molar-refractivity contribution in [3.05, 3.63) is 6.33 Å². The van der Waals surface area contributed by atoms with E-state index in [4.69, 9.17) is 0 Å². The second kappa shape index (κ2) is 4.90. The molecule has 19 heavy (non-hydrogen) atoms. The lowest BCUT2D eigenvalue weighted by Crippen LogP contribution is -2.40. The standard InChI is InChI=1S/C13H18N4S2/c1-13(2)5-4-6-17(7-13)11-9-10(14-8-15-11)16-12(18-3)19-9/h8H,4-7H2,1-3H3. The molecule has 1 aliphatic rings. The van der Waals surface area contributed by atoms with Crippen LogP contribution < -0.4 is 4.90 Å². The summed E-state index contributed by atoms with van der Waals surface area (Å²) in [5.41, 5.74) is 1.20. The van der Waals surface area contributed by atoms with Gasteiger partial charge in [0, 0.05) is 13.1 Å². The summed E-state index contributed by atoms with van der Waals surface area (Å²) < 4.78 is 2.19. The maximum Gasteiger partial charge on any atom is 0.176 e. The topological polar surface area (TPSA) is 41.9 Å². The highest BCUT2D eigenvalue weighted by Crippen LogP contribution is 2.36. The molecule has 0 aliphatic carbocycles. The van der Waals surface area contributed by atoms with E-state index in [-0.39, 0.29) is 0 Å². The van der Waals surface area contributed by atoms with E-state index in [0.717, 1.165) is 33.6 Å². The minimum Gasteiger partial charge on any atom is -0.355 e. The van der Waals surface area contributed by atoms with E-state index in [1.807, 2.05) is 0 Å². The molecule has 1 aliphatic heterocycles. The Hall–Kier alpha value is -0.880. The molecule has 0 spiro atoms. The van der Waals surface area contributed by atoms with E-state index in [0.29, 0.717) is 5.41 Å². The first kappa shape index (κ1) is 13.1. The van der Waals surface area contributed by atoms with Crippen LogP contribution in [-0.2, 0) is 0 Å². The average Bonchev–Trinajstić information content (AvgIpc) is 2.80. The fourth-order valence-corrected chi connectivity index (χ4v) is 4.17. The second-order valence-corrected chi connectivity index (χ2v) is 7.78. The largest absolute Gasteiger partial charge is 0.355 e. The van der Waals surface area contributed by atoms with Gasteiger partial charge in [0.2, 0.25) is 0 Å². The molecule has 2 aromatic heterocycles. The van der Waals surface area contributed by atoms with E-state index in [9.17, 15) is 0 Å². The highest BCUT2D eigenvalue weighted by Gasteiger charge is 2.28. The Balaban J connectivity index is 2.02. The average molecular weight is 294 g/mol. The zero-order valence-electron chi connectivity index (χ0n) is 11.5. The predicted octanol–water partition coefficient (Wildman–Crippen LogP) is 3.43. The van der Waals surface area contributed by atoms with Crippen molar-refractivity contribution in [3.63, 3.8) is 0 Å². The molecule has 0 N–H and O–H groups in total. The molecule has 102 valence electrons. The molecule has 6 heteroatoms. The molecule has 0 radical (unpaired) electrons. The Morgan fingerprint density at radius 1 is 1.37 bits per heavy atom. The van der Waals surface area contributed by atoms with Crippen molar-refractivity contribution < 1.29 is 0 Å². The van der Waals surface area contributed by atoms with Gasteiger partial charge in [-0.3, -0.25) is 0 Å². The molecule has 0 amide bonds. The normalized spacial score (nSPS) is 19.0. The number of anilines is 1. The Morgan fingerprint density at radius 3 is 2.95 bits per heavy atom. The lowest BCUT2D eigenvalue weighted by molar-refractivity contribution is 0.292. The zero-order chi connectivity index (χ0) is 13.5. The van der Waals surface area contributed by atoms with Crippen LogP contribution in [0.1, 0.15) is 26.7 Å². The number of thioether (sulfide) groups is 1. The molecular weight excluding hydrogens is 276 g/mol. The van der Waals surface area contributed by atoms with Gasteiger partial charge in [0.1, 0.15) is 11.0 Å². The van der Waals surface area contributed by atoms with Gasteiger partial charge in [0.25, 0.3) is 0 Å². The van der Waals surface area contributed by atoms with Crippen LogP contribution in [0.5, 0.6) is 0 Å². The quantitative estimate of drug-likeness (QED) is 0.794. The minimum absolute atomic E-state index is 0.364. The third-order valence-electron chi connectivity index (χ3n) is 3.53. The number of fused-ring (bicyclic) bond motifs is 1. The molecule has 0 bridgehead atoms. The number of thiazole rings is 1. The summed E-state index contributed by atoms with van der Waals surface area (Å²) in [6.45, 7) is 6.81. The maximum atomic E-state index is 4.53. The third kappa shape index (κ3) is 2.56. The SMILES string of the molecule is CSc1nc2ncnc(N3CCCC(C)(C)C3)c2s1. The maximum absolute atomic E-state index is 4.53. The number of rotatable bonds is 2. The molecule has 3 rings (SSSR count). The monoisotopic (exact) mass is 294 g/mol. The Labute approximate surface area is 121 Å². The van der Waals surface area contributed by atoms with Crippen LogP contribution in [0.3, 0.4) is 0 Å². The lowest BCUT2D eigenvalue weighted by atomic mass is 9.84. The minimum atomic E-state index is 0.364. The Kier molecular flexibility index (Phi) is 3.39. The third-order valence-corrected chi connectivity index (χ3v) is 5.55. The predicted molar refractivity (Wildman–Crippen MR) is 82.2 cm³/mol. The first-order valence-electron chi connectivity index (χ1n) is 6.49. The van der Waals surface area contributed by atoms with Gasteiger partial charge in [-0.1, -0.05) is 25.6 Å². The van der Waals surface area contributed by atoms with Crippen molar-refractivity contribution in [2.75, 3.05) is 24.2 Å². The van der Waals surface area contributed by atoms with E-state index < -0.39 is 0 Å². The number of piperidine rings is 1. The fourth-order valence-electron chi connectivity index (χ4n) is 2.64. The van der Waals surface area contributed by atoms with Crippen LogP contribution in [0.2, 0.25) is 0 Å². The van der Waals surface area contributed by atoms with Crippen LogP contribution in [0, 0.1) is 5.41 Å². The summed E-state index contributed by atoms with van der Waals surface area (Å²) in [7, 11) is 0.